The summed E-state index contributed by atoms with van der Waals surface area (Å²) in [5.41, 5.74) is 1.70. The Labute approximate surface area is 112 Å². The van der Waals surface area contributed by atoms with Crippen LogP contribution >= 0.6 is 0 Å². The molecule has 2 N–H and O–H groups in total. The van der Waals surface area contributed by atoms with E-state index >= 15 is 0 Å². The summed E-state index contributed by atoms with van der Waals surface area (Å²) < 4.78 is 5.39. The van der Waals surface area contributed by atoms with Crippen molar-refractivity contribution in [3.8, 4) is 5.75 Å². The van der Waals surface area contributed by atoms with Gasteiger partial charge in [-0.25, -0.2) is 0 Å². The lowest BCUT2D eigenvalue weighted by molar-refractivity contribution is -0.123. The van der Waals surface area contributed by atoms with Crippen LogP contribution in [0, 0.1) is 12.8 Å². The van der Waals surface area contributed by atoms with Gasteiger partial charge in [0.1, 0.15) is 5.75 Å². The number of amides is 2. The predicted molar refractivity (Wildman–Crippen MR) is 72.1 cm³/mol. The highest BCUT2D eigenvalue weighted by Crippen LogP contribution is 2.22. The van der Waals surface area contributed by atoms with Gasteiger partial charge in [0, 0.05) is 18.7 Å². The smallest absolute Gasteiger partial charge is 0.229 e. The van der Waals surface area contributed by atoms with Crippen molar-refractivity contribution in [1.82, 2.24) is 5.32 Å². The molecule has 102 valence electrons. The second-order valence-corrected chi connectivity index (χ2v) is 4.60. The molecular formula is C14H18N2O3. The van der Waals surface area contributed by atoms with E-state index < -0.39 is 0 Å². The first-order valence-corrected chi connectivity index (χ1v) is 6.41. The molecule has 5 heteroatoms. The summed E-state index contributed by atoms with van der Waals surface area (Å²) in [6, 6.07) is 5.53. The van der Waals surface area contributed by atoms with Crippen molar-refractivity contribution in [2.24, 2.45) is 5.92 Å². The Morgan fingerprint density at radius 2 is 2.32 bits per heavy atom. The molecule has 0 aliphatic carbocycles. The average Bonchev–Trinajstić information content (AvgIpc) is 2.80. The number of carbonyl (C=O) groups excluding carboxylic acids is 2. The molecule has 19 heavy (non-hydrogen) atoms. The van der Waals surface area contributed by atoms with E-state index in [4.69, 9.17) is 4.74 Å². The van der Waals surface area contributed by atoms with E-state index in [2.05, 4.69) is 10.6 Å². The summed E-state index contributed by atoms with van der Waals surface area (Å²) in [7, 11) is 0. The molecule has 0 radical (unpaired) electrons. The quantitative estimate of drug-likeness (QED) is 0.863. The number of hydrogen-bond donors (Lipinski definition) is 2. The number of rotatable bonds is 4. The lowest BCUT2D eigenvalue weighted by atomic mass is 10.1. The van der Waals surface area contributed by atoms with Crippen LogP contribution in [0.25, 0.3) is 0 Å². The number of aryl methyl sites for hydroxylation is 1. The molecule has 1 saturated heterocycles. The van der Waals surface area contributed by atoms with Gasteiger partial charge in [0.15, 0.2) is 0 Å². The zero-order chi connectivity index (χ0) is 13.8. The number of benzene rings is 1. The molecule has 1 atom stereocenters. The lowest BCUT2D eigenvalue weighted by Gasteiger charge is -2.12. The molecule has 1 aromatic carbocycles. The fraction of sp³-hybridized carbons (Fsp3) is 0.429. The summed E-state index contributed by atoms with van der Waals surface area (Å²) in [4.78, 5) is 23.1. The van der Waals surface area contributed by atoms with Gasteiger partial charge in [-0.3, -0.25) is 9.59 Å². The monoisotopic (exact) mass is 262 g/mol. The molecule has 0 aromatic heterocycles. The van der Waals surface area contributed by atoms with Crippen molar-refractivity contribution < 1.29 is 14.3 Å². The minimum absolute atomic E-state index is 0.0661. The minimum Gasteiger partial charge on any atom is -0.494 e. The second kappa shape index (κ2) is 5.73. The Morgan fingerprint density at radius 3 is 2.89 bits per heavy atom. The van der Waals surface area contributed by atoms with Gasteiger partial charge in [-0.1, -0.05) is 0 Å². The van der Waals surface area contributed by atoms with Gasteiger partial charge < -0.3 is 15.4 Å². The molecule has 1 aliphatic rings. The van der Waals surface area contributed by atoms with Crippen LogP contribution in [0.1, 0.15) is 18.9 Å². The van der Waals surface area contributed by atoms with Gasteiger partial charge >= 0.3 is 0 Å². The van der Waals surface area contributed by atoms with Gasteiger partial charge in [0.2, 0.25) is 11.8 Å². The number of carbonyl (C=O) groups is 2. The van der Waals surface area contributed by atoms with Crippen molar-refractivity contribution in [3.05, 3.63) is 23.8 Å². The summed E-state index contributed by atoms with van der Waals surface area (Å²) in [6.45, 7) is 4.87. The van der Waals surface area contributed by atoms with E-state index in [0.29, 0.717) is 13.2 Å². The average molecular weight is 262 g/mol. The molecule has 1 aliphatic heterocycles. The molecule has 0 spiro atoms. The van der Waals surface area contributed by atoms with E-state index in [1.54, 1.807) is 0 Å². The summed E-state index contributed by atoms with van der Waals surface area (Å²) >= 11 is 0. The van der Waals surface area contributed by atoms with Crippen LogP contribution in [0.15, 0.2) is 18.2 Å². The van der Waals surface area contributed by atoms with Crippen molar-refractivity contribution in [2.45, 2.75) is 20.3 Å². The number of anilines is 1. The van der Waals surface area contributed by atoms with Gasteiger partial charge in [0.25, 0.3) is 0 Å². The Hall–Kier alpha value is -2.04. The van der Waals surface area contributed by atoms with Crippen LogP contribution in [-0.2, 0) is 9.59 Å². The molecule has 2 rings (SSSR count). The zero-order valence-corrected chi connectivity index (χ0v) is 11.2. The topological polar surface area (TPSA) is 67.4 Å². The van der Waals surface area contributed by atoms with Crippen LogP contribution in [0.4, 0.5) is 5.69 Å². The van der Waals surface area contributed by atoms with Gasteiger partial charge in [-0.05, 0) is 37.6 Å². The summed E-state index contributed by atoms with van der Waals surface area (Å²) in [5.74, 6) is 0.323. The third kappa shape index (κ3) is 3.24. The van der Waals surface area contributed by atoms with Crippen LogP contribution in [0.3, 0.4) is 0 Å². The standard InChI is InChI=1S/C14H18N2O3/c1-3-19-11-4-5-12(9(2)6-11)16-14(18)10-7-13(17)15-8-10/h4-6,10H,3,7-8H2,1-2H3,(H,15,17)(H,16,18). The third-order valence-corrected chi connectivity index (χ3v) is 3.11. The SMILES string of the molecule is CCOc1ccc(NC(=O)C2CNC(=O)C2)c(C)c1. The van der Waals surface area contributed by atoms with Gasteiger partial charge in [0.05, 0.1) is 12.5 Å². The molecule has 1 heterocycles. The normalized spacial score (nSPS) is 18.0. The summed E-state index contributed by atoms with van der Waals surface area (Å²) in [5, 5.41) is 5.51. The van der Waals surface area contributed by atoms with Crippen molar-refractivity contribution in [2.75, 3.05) is 18.5 Å². The largest absolute Gasteiger partial charge is 0.494 e. The van der Waals surface area contributed by atoms with E-state index in [1.807, 2.05) is 32.0 Å². The van der Waals surface area contributed by atoms with Crippen molar-refractivity contribution in [3.63, 3.8) is 0 Å². The predicted octanol–water partition coefficient (Wildman–Crippen LogP) is 1.47. The fourth-order valence-corrected chi connectivity index (χ4v) is 2.06. The molecule has 0 saturated carbocycles. The van der Waals surface area contributed by atoms with Crippen LogP contribution in [-0.4, -0.2) is 25.0 Å². The van der Waals surface area contributed by atoms with Gasteiger partial charge in [-0.15, -0.1) is 0 Å². The first-order chi connectivity index (χ1) is 9.10. The molecule has 1 fully saturated rings. The molecule has 5 nitrogen and oxygen atoms in total. The summed E-state index contributed by atoms with van der Waals surface area (Å²) in [6.07, 6.45) is 0.266. The van der Waals surface area contributed by atoms with Gasteiger partial charge in [-0.2, -0.15) is 0 Å². The number of ether oxygens (including phenoxy) is 1. The lowest BCUT2D eigenvalue weighted by Crippen LogP contribution is -2.25. The molecule has 1 unspecified atom stereocenters. The van der Waals surface area contributed by atoms with Crippen LogP contribution < -0.4 is 15.4 Å². The Morgan fingerprint density at radius 1 is 1.53 bits per heavy atom. The minimum atomic E-state index is -0.279. The maximum atomic E-state index is 12.0. The van der Waals surface area contributed by atoms with E-state index in [-0.39, 0.29) is 24.2 Å². The van der Waals surface area contributed by atoms with Crippen molar-refractivity contribution in [1.29, 1.82) is 0 Å². The first-order valence-electron chi connectivity index (χ1n) is 6.41. The Balaban J connectivity index is 2.02. The van der Waals surface area contributed by atoms with Crippen molar-refractivity contribution >= 4 is 17.5 Å². The first kappa shape index (κ1) is 13.4. The molecule has 0 bridgehead atoms. The Bertz CT molecular complexity index is 499. The van der Waals surface area contributed by atoms with Crippen LogP contribution in [0.2, 0.25) is 0 Å². The maximum absolute atomic E-state index is 12.0. The van der Waals surface area contributed by atoms with E-state index in [0.717, 1.165) is 17.0 Å². The Kier molecular flexibility index (Phi) is 4.04. The molecular weight excluding hydrogens is 244 g/mol. The van der Waals surface area contributed by atoms with Crippen LogP contribution in [0.5, 0.6) is 5.75 Å². The number of nitrogens with one attached hydrogen (secondary N) is 2. The highest BCUT2D eigenvalue weighted by Gasteiger charge is 2.28. The number of hydrogen-bond acceptors (Lipinski definition) is 3. The molecule has 2 amide bonds. The highest BCUT2D eigenvalue weighted by molar-refractivity contribution is 5.97. The highest BCUT2D eigenvalue weighted by atomic mass is 16.5. The zero-order valence-electron chi connectivity index (χ0n) is 11.2. The van der Waals surface area contributed by atoms with E-state index in [9.17, 15) is 9.59 Å². The molecule has 1 aromatic rings. The third-order valence-electron chi connectivity index (χ3n) is 3.11. The maximum Gasteiger partial charge on any atom is 0.229 e. The second-order valence-electron chi connectivity index (χ2n) is 4.60. The van der Waals surface area contributed by atoms with E-state index in [1.165, 1.54) is 0 Å². The fourth-order valence-electron chi connectivity index (χ4n) is 2.06.